The van der Waals surface area contributed by atoms with Crippen LogP contribution < -0.4 is 10.1 Å². The SMILES string of the molecule is O=C(O)C1CSC(c2ccc(OCc3ccc(Cl)c(Cl)c3)c(Br)c2)N1. The molecule has 2 N–H and O–H groups in total. The highest BCUT2D eigenvalue weighted by molar-refractivity contribution is 9.10. The molecule has 2 aromatic rings. The Labute approximate surface area is 168 Å². The van der Waals surface area contributed by atoms with E-state index in [4.69, 9.17) is 33.0 Å². The van der Waals surface area contributed by atoms with Crippen molar-refractivity contribution < 1.29 is 14.6 Å². The van der Waals surface area contributed by atoms with Gasteiger partial charge < -0.3 is 9.84 Å². The zero-order chi connectivity index (χ0) is 18.0. The van der Waals surface area contributed by atoms with Gasteiger partial charge in [0, 0.05) is 5.75 Å². The van der Waals surface area contributed by atoms with Crippen LogP contribution >= 0.6 is 50.9 Å². The van der Waals surface area contributed by atoms with E-state index in [-0.39, 0.29) is 5.37 Å². The number of hydrogen-bond acceptors (Lipinski definition) is 4. The molecule has 0 radical (unpaired) electrons. The van der Waals surface area contributed by atoms with Gasteiger partial charge >= 0.3 is 5.97 Å². The smallest absolute Gasteiger partial charge is 0.321 e. The molecule has 0 bridgehead atoms. The summed E-state index contributed by atoms with van der Waals surface area (Å²) in [5.74, 6) is 0.427. The Morgan fingerprint density at radius 2 is 2.08 bits per heavy atom. The molecule has 1 heterocycles. The van der Waals surface area contributed by atoms with Gasteiger partial charge in [0.05, 0.1) is 19.9 Å². The van der Waals surface area contributed by atoms with Crippen molar-refractivity contribution >= 4 is 56.9 Å². The average molecular weight is 463 g/mol. The molecule has 2 aromatic carbocycles. The molecule has 0 saturated carbocycles. The number of thioether (sulfide) groups is 1. The van der Waals surface area contributed by atoms with Gasteiger partial charge in [0.15, 0.2) is 0 Å². The van der Waals surface area contributed by atoms with Gasteiger partial charge in [-0.05, 0) is 51.3 Å². The quantitative estimate of drug-likeness (QED) is 0.645. The molecule has 0 aliphatic carbocycles. The first kappa shape index (κ1) is 18.9. The largest absolute Gasteiger partial charge is 0.488 e. The predicted octanol–water partition coefficient (Wildman–Crippen LogP) is 5.12. The second-order valence-corrected chi connectivity index (χ2v) is 8.30. The van der Waals surface area contributed by atoms with Gasteiger partial charge in [-0.2, -0.15) is 0 Å². The average Bonchev–Trinajstić information content (AvgIpc) is 3.07. The van der Waals surface area contributed by atoms with Crippen molar-refractivity contribution in [3.8, 4) is 5.75 Å². The Balaban J connectivity index is 1.66. The fourth-order valence-corrected chi connectivity index (χ4v) is 4.45. The maximum absolute atomic E-state index is 11.0. The van der Waals surface area contributed by atoms with Crippen molar-refractivity contribution in [3.05, 3.63) is 62.0 Å². The highest BCUT2D eigenvalue weighted by Gasteiger charge is 2.30. The van der Waals surface area contributed by atoms with Gasteiger partial charge in [-0.1, -0.05) is 35.3 Å². The topological polar surface area (TPSA) is 58.6 Å². The van der Waals surface area contributed by atoms with E-state index < -0.39 is 12.0 Å². The van der Waals surface area contributed by atoms with E-state index in [1.807, 2.05) is 24.3 Å². The van der Waals surface area contributed by atoms with E-state index in [9.17, 15) is 4.79 Å². The molecule has 4 nitrogen and oxygen atoms in total. The van der Waals surface area contributed by atoms with E-state index in [2.05, 4.69) is 21.2 Å². The number of carbonyl (C=O) groups is 1. The molecule has 1 aliphatic rings. The van der Waals surface area contributed by atoms with Crippen LogP contribution in [0.4, 0.5) is 0 Å². The number of nitrogens with one attached hydrogen (secondary N) is 1. The zero-order valence-electron chi connectivity index (χ0n) is 12.8. The molecule has 1 aliphatic heterocycles. The number of carboxylic acid groups (broad SMARTS) is 1. The lowest BCUT2D eigenvalue weighted by atomic mass is 10.2. The number of halogens is 3. The second kappa shape index (κ2) is 8.18. The second-order valence-electron chi connectivity index (χ2n) is 5.50. The molecular formula is C17H14BrCl2NO3S. The lowest BCUT2D eigenvalue weighted by molar-refractivity contribution is -0.138. The van der Waals surface area contributed by atoms with Crippen molar-refractivity contribution in [3.63, 3.8) is 0 Å². The van der Waals surface area contributed by atoms with Gasteiger partial charge in [-0.3, -0.25) is 10.1 Å². The van der Waals surface area contributed by atoms with Gasteiger partial charge in [0.1, 0.15) is 18.4 Å². The molecule has 8 heteroatoms. The van der Waals surface area contributed by atoms with Crippen LogP contribution in [0.1, 0.15) is 16.5 Å². The Kier molecular flexibility index (Phi) is 6.17. The summed E-state index contributed by atoms with van der Waals surface area (Å²) in [5, 5.41) is 13.1. The Morgan fingerprint density at radius 1 is 1.28 bits per heavy atom. The van der Waals surface area contributed by atoms with Crippen molar-refractivity contribution in [2.45, 2.75) is 18.0 Å². The normalized spacial score (nSPS) is 19.8. The van der Waals surface area contributed by atoms with Crippen LogP contribution in [0, 0.1) is 0 Å². The first-order chi connectivity index (χ1) is 11.9. The first-order valence-corrected chi connectivity index (χ1v) is 10.0. The van der Waals surface area contributed by atoms with Gasteiger partial charge in [-0.15, -0.1) is 11.8 Å². The number of aliphatic carboxylic acids is 1. The Bertz CT molecular complexity index is 805. The molecule has 1 fully saturated rings. The summed E-state index contributed by atoms with van der Waals surface area (Å²) in [6, 6.07) is 10.6. The molecule has 0 aromatic heterocycles. The molecule has 132 valence electrons. The maximum atomic E-state index is 11.0. The Hall–Kier alpha value is -0.920. The van der Waals surface area contributed by atoms with Crippen LogP contribution in [-0.2, 0) is 11.4 Å². The summed E-state index contributed by atoms with van der Waals surface area (Å²) in [6.45, 7) is 0.367. The number of carboxylic acids is 1. The summed E-state index contributed by atoms with van der Waals surface area (Å²) in [4.78, 5) is 11.0. The summed E-state index contributed by atoms with van der Waals surface area (Å²) < 4.78 is 6.64. The van der Waals surface area contributed by atoms with Crippen LogP contribution in [-0.4, -0.2) is 22.9 Å². The van der Waals surface area contributed by atoms with Gasteiger partial charge in [-0.25, -0.2) is 0 Å². The third-order valence-corrected chi connectivity index (χ3v) is 6.34. The third kappa shape index (κ3) is 4.63. The summed E-state index contributed by atoms with van der Waals surface area (Å²) >= 11 is 17.0. The molecule has 3 rings (SSSR count). The van der Waals surface area contributed by atoms with E-state index in [1.54, 1.807) is 23.9 Å². The van der Waals surface area contributed by atoms with Crippen molar-refractivity contribution in [2.24, 2.45) is 0 Å². The van der Waals surface area contributed by atoms with Crippen LogP contribution in [0.25, 0.3) is 0 Å². The van der Waals surface area contributed by atoms with E-state index in [0.717, 1.165) is 15.6 Å². The van der Waals surface area contributed by atoms with Crippen LogP contribution in [0.2, 0.25) is 10.0 Å². The lowest BCUT2D eigenvalue weighted by Crippen LogP contribution is -2.33. The van der Waals surface area contributed by atoms with Crippen molar-refractivity contribution in [1.82, 2.24) is 5.32 Å². The molecule has 2 atom stereocenters. The first-order valence-electron chi connectivity index (χ1n) is 7.40. The minimum atomic E-state index is -0.823. The summed E-state index contributed by atoms with van der Waals surface area (Å²) in [6.07, 6.45) is 0. The van der Waals surface area contributed by atoms with Crippen molar-refractivity contribution in [2.75, 3.05) is 5.75 Å². The number of benzene rings is 2. The minimum absolute atomic E-state index is 0.0403. The van der Waals surface area contributed by atoms with Gasteiger partial charge in [0.2, 0.25) is 0 Å². The molecule has 25 heavy (non-hydrogen) atoms. The highest BCUT2D eigenvalue weighted by atomic mass is 79.9. The lowest BCUT2D eigenvalue weighted by Gasteiger charge is -2.14. The highest BCUT2D eigenvalue weighted by Crippen LogP contribution is 2.36. The predicted molar refractivity (Wildman–Crippen MR) is 105 cm³/mol. The third-order valence-electron chi connectivity index (χ3n) is 3.72. The maximum Gasteiger partial charge on any atom is 0.321 e. The Morgan fingerprint density at radius 3 is 2.72 bits per heavy atom. The van der Waals surface area contributed by atoms with E-state index >= 15 is 0 Å². The molecule has 0 amide bonds. The van der Waals surface area contributed by atoms with Crippen molar-refractivity contribution in [1.29, 1.82) is 0 Å². The monoisotopic (exact) mass is 461 g/mol. The summed E-state index contributed by atoms with van der Waals surface area (Å²) in [5.41, 5.74) is 1.92. The van der Waals surface area contributed by atoms with Crippen LogP contribution in [0.15, 0.2) is 40.9 Å². The fraction of sp³-hybridized carbons (Fsp3) is 0.235. The number of rotatable bonds is 5. The fourth-order valence-electron chi connectivity index (χ4n) is 2.39. The van der Waals surface area contributed by atoms with Crippen LogP contribution in [0.5, 0.6) is 5.75 Å². The van der Waals surface area contributed by atoms with Gasteiger partial charge in [0.25, 0.3) is 0 Å². The standard InChI is InChI=1S/C17H14BrCl2NO3S/c18-11-6-10(16-21-14(8-25-16)17(22)23)2-4-15(11)24-7-9-1-3-12(19)13(20)5-9/h1-6,14,16,21H,7-8H2,(H,22,23). The van der Waals surface area contributed by atoms with E-state index in [0.29, 0.717) is 28.2 Å². The minimum Gasteiger partial charge on any atom is -0.488 e. The van der Waals surface area contributed by atoms with Crippen LogP contribution in [0.3, 0.4) is 0 Å². The molecule has 2 unspecified atom stereocenters. The summed E-state index contributed by atoms with van der Waals surface area (Å²) in [7, 11) is 0. The molecular weight excluding hydrogens is 449 g/mol. The number of ether oxygens (including phenoxy) is 1. The molecule has 1 saturated heterocycles. The number of hydrogen-bond donors (Lipinski definition) is 2. The molecule has 0 spiro atoms. The van der Waals surface area contributed by atoms with E-state index in [1.165, 1.54) is 0 Å². The zero-order valence-corrected chi connectivity index (χ0v) is 16.8.